The molecule has 0 radical (unpaired) electrons. The van der Waals surface area contributed by atoms with Crippen LogP contribution in [0, 0.1) is 0 Å². The van der Waals surface area contributed by atoms with Crippen molar-refractivity contribution in [3.05, 3.63) is 53.2 Å². The predicted molar refractivity (Wildman–Crippen MR) is 129 cm³/mol. The maximum atomic E-state index is 13.0. The van der Waals surface area contributed by atoms with Gasteiger partial charge in [-0.25, -0.2) is 9.97 Å². The average Bonchev–Trinajstić information content (AvgIpc) is 3.50. The van der Waals surface area contributed by atoms with Gasteiger partial charge in [0.2, 0.25) is 0 Å². The first-order chi connectivity index (χ1) is 16.1. The summed E-state index contributed by atoms with van der Waals surface area (Å²) in [5.41, 5.74) is 5.12. The number of benzene rings is 1. The summed E-state index contributed by atoms with van der Waals surface area (Å²) in [5, 5.41) is 16.6. The number of nitrogens with one attached hydrogen (secondary N) is 4. The third-order valence-electron chi connectivity index (χ3n) is 6.19. The molecule has 1 aliphatic carbocycles. The zero-order valence-corrected chi connectivity index (χ0v) is 19.1. The topological polar surface area (TPSA) is 111 Å². The molecule has 1 fully saturated rings. The first-order valence-corrected chi connectivity index (χ1v) is 11.7. The highest BCUT2D eigenvalue weighted by Gasteiger charge is 2.22. The molecule has 2 aliphatic rings. The molecular formula is C24H30N8O. The van der Waals surface area contributed by atoms with E-state index < -0.39 is 0 Å². The van der Waals surface area contributed by atoms with E-state index in [0.717, 1.165) is 79.7 Å². The van der Waals surface area contributed by atoms with Crippen LogP contribution in [0.4, 0.5) is 22.9 Å². The molecule has 5 rings (SSSR count). The maximum absolute atomic E-state index is 13.0. The van der Waals surface area contributed by atoms with Crippen LogP contribution in [0.5, 0.6) is 0 Å². The van der Waals surface area contributed by atoms with E-state index in [9.17, 15) is 4.79 Å². The summed E-state index contributed by atoms with van der Waals surface area (Å²) in [5.74, 6) is 1.57. The van der Waals surface area contributed by atoms with Gasteiger partial charge in [-0.2, -0.15) is 5.10 Å². The second kappa shape index (κ2) is 9.19. The fraction of sp³-hybridized carbons (Fsp3) is 0.417. The van der Waals surface area contributed by atoms with Crippen molar-refractivity contribution >= 4 is 28.8 Å². The van der Waals surface area contributed by atoms with Crippen molar-refractivity contribution in [1.29, 1.82) is 0 Å². The molecule has 0 spiro atoms. The van der Waals surface area contributed by atoms with Gasteiger partial charge in [0.1, 0.15) is 17.3 Å². The second-order valence-corrected chi connectivity index (χ2v) is 8.89. The molecule has 1 aromatic carbocycles. The van der Waals surface area contributed by atoms with E-state index in [1.165, 1.54) is 0 Å². The zero-order valence-electron chi connectivity index (χ0n) is 19.1. The Kier molecular flexibility index (Phi) is 5.95. The van der Waals surface area contributed by atoms with E-state index in [-0.39, 0.29) is 11.8 Å². The minimum Gasteiger partial charge on any atom is -0.369 e. The van der Waals surface area contributed by atoms with E-state index in [2.05, 4.69) is 44.9 Å². The lowest BCUT2D eigenvalue weighted by molar-refractivity contribution is 0.102. The normalized spacial score (nSPS) is 15.5. The quantitative estimate of drug-likeness (QED) is 0.460. The molecule has 3 aromatic rings. The summed E-state index contributed by atoms with van der Waals surface area (Å²) in [6.45, 7) is 8.13. The largest absolute Gasteiger partial charge is 0.369 e. The van der Waals surface area contributed by atoms with Crippen LogP contribution in [-0.2, 0) is 12.8 Å². The van der Waals surface area contributed by atoms with Crippen LogP contribution >= 0.6 is 0 Å². The number of piperazine rings is 1. The van der Waals surface area contributed by atoms with Gasteiger partial charge in [0.15, 0.2) is 0 Å². The van der Waals surface area contributed by atoms with Crippen molar-refractivity contribution in [3.8, 4) is 0 Å². The van der Waals surface area contributed by atoms with Gasteiger partial charge in [-0.05, 0) is 43.5 Å². The highest BCUT2D eigenvalue weighted by atomic mass is 16.2. The Bertz CT molecular complexity index is 1130. The average molecular weight is 447 g/mol. The van der Waals surface area contributed by atoms with Gasteiger partial charge in [0, 0.05) is 54.7 Å². The highest BCUT2D eigenvalue weighted by molar-refractivity contribution is 6.06. The van der Waals surface area contributed by atoms with Crippen molar-refractivity contribution in [2.45, 2.75) is 39.0 Å². The molecule has 33 heavy (non-hydrogen) atoms. The fourth-order valence-electron chi connectivity index (χ4n) is 4.37. The van der Waals surface area contributed by atoms with Crippen molar-refractivity contribution < 1.29 is 4.79 Å². The van der Waals surface area contributed by atoms with E-state index in [0.29, 0.717) is 11.4 Å². The standard InChI is InChI=1S/C24H30N8O/c1-15(2)22-28-19-5-3-4-18(19)23(30-22)29-20-14-26-31-21(20)24(33)27-16-6-8-17(9-7-16)32-12-10-25-11-13-32/h6-9,14-15,25H,3-5,10-13H2,1-2H3,(H,26,31)(H,27,33)(H,28,29,30). The van der Waals surface area contributed by atoms with Gasteiger partial charge in [0.25, 0.3) is 5.91 Å². The van der Waals surface area contributed by atoms with Gasteiger partial charge in [-0.15, -0.1) is 0 Å². The number of aromatic amines is 1. The number of carbonyl (C=O) groups excluding carboxylic acids is 1. The Balaban J connectivity index is 1.32. The molecule has 0 saturated carbocycles. The zero-order chi connectivity index (χ0) is 22.8. The number of aromatic nitrogens is 4. The van der Waals surface area contributed by atoms with Crippen LogP contribution in [0.1, 0.15) is 53.8 Å². The number of H-pyrrole nitrogens is 1. The number of anilines is 4. The lowest BCUT2D eigenvalue weighted by Gasteiger charge is -2.29. The molecule has 172 valence electrons. The first kappa shape index (κ1) is 21.4. The van der Waals surface area contributed by atoms with Crippen LogP contribution < -0.4 is 20.9 Å². The lowest BCUT2D eigenvalue weighted by atomic mass is 10.1. The molecular weight excluding hydrogens is 416 g/mol. The monoisotopic (exact) mass is 446 g/mol. The smallest absolute Gasteiger partial charge is 0.275 e. The molecule has 9 nitrogen and oxygen atoms in total. The minimum absolute atomic E-state index is 0.229. The molecule has 0 atom stereocenters. The van der Waals surface area contributed by atoms with Crippen LogP contribution in [0.2, 0.25) is 0 Å². The van der Waals surface area contributed by atoms with Gasteiger partial charge >= 0.3 is 0 Å². The van der Waals surface area contributed by atoms with Gasteiger partial charge in [-0.1, -0.05) is 13.8 Å². The number of aryl methyl sites for hydroxylation is 1. The Labute approximate surface area is 193 Å². The third kappa shape index (κ3) is 4.54. The third-order valence-corrected chi connectivity index (χ3v) is 6.19. The Morgan fingerprint density at radius 2 is 1.88 bits per heavy atom. The van der Waals surface area contributed by atoms with Crippen LogP contribution in [0.25, 0.3) is 0 Å². The first-order valence-electron chi connectivity index (χ1n) is 11.7. The molecule has 1 amide bonds. The summed E-state index contributed by atoms with van der Waals surface area (Å²) in [7, 11) is 0. The molecule has 2 aromatic heterocycles. The second-order valence-electron chi connectivity index (χ2n) is 8.89. The van der Waals surface area contributed by atoms with E-state index in [4.69, 9.17) is 9.97 Å². The molecule has 9 heteroatoms. The molecule has 0 unspecified atom stereocenters. The van der Waals surface area contributed by atoms with Crippen LogP contribution in [0.15, 0.2) is 30.5 Å². The number of hydrogen-bond donors (Lipinski definition) is 4. The SMILES string of the molecule is CC(C)c1nc2c(c(Nc3cn[nH]c3C(=O)Nc3ccc(N4CCNCC4)cc3)n1)CCC2. The summed E-state index contributed by atoms with van der Waals surface area (Å²) in [6, 6.07) is 7.96. The number of fused-ring (bicyclic) bond motifs is 1. The lowest BCUT2D eigenvalue weighted by Crippen LogP contribution is -2.43. The Morgan fingerprint density at radius 1 is 1.09 bits per heavy atom. The molecule has 1 saturated heterocycles. The van der Waals surface area contributed by atoms with Gasteiger partial charge in [-0.3, -0.25) is 9.89 Å². The number of amides is 1. The van der Waals surface area contributed by atoms with E-state index in [1.54, 1.807) is 6.20 Å². The number of rotatable bonds is 6. The van der Waals surface area contributed by atoms with Crippen molar-refractivity contribution in [3.63, 3.8) is 0 Å². The predicted octanol–water partition coefficient (Wildman–Crippen LogP) is 3.22. The van der Waals surface area contributed by atoms with Crippen molar-refractivity contribution in [2.24, 2.45) is 0 Å². The van der Waals surface area contributed by atoms with Crippen LogP contribution in [-0.4, -0.2) is 52.3 Å². The number of nitrogens with zero attached hydrogens (tertiary/aromatic N) is 4. The van der Waals surface area contributed by atoms with Crippen molar-refractivity contribution in [1.82, 2.24) is 25.5 Å². The Hall–Kier alpha value is -3.46. The summed E-state index contributed by atoms with van der Waals surface area (Å²) in [4.78, 5) is 24.8. The summed E-state index contributed by atoms with van der Waals surface area (Å²) in [6.07, 6.45) is 4.60. The molecule has 3 heterocycles. The molecule has 1 aliphatic heterocycles. The highest BCUT2D eigenvalue weighted by Crippen LogP contribution is 2.31. The summed E-state index contributed by atoms with van der Waals surface area (Å²) < 4.78 is 0. The maximum Gasteiger partial charge on any atom is 0.275 e. The minimum atomic E-state index is -0.250. The van der Waals surface area contributed by atoms with E-state index >= 15 is 0 Å². The van der Waals surface area contributed by atoms with Gasteiger partial charge < -0.3 is 20.9 Å². The molecule has 0 bridgehead atoms. The van der Waals surface area contributed by atoms with E-state index in [1.807, 2.05) is 24.3 Å². The number of carbonyl (C=O) groups is 1. The van der Waals surface area contributed by atoms with Crippen molar-refractivity contribution in [2.75, 3.05) is 41.7 Å². The van der Waals surface area contributed by atoms with Gasteiger partial charge in [0.05, 0.1) is 11.9 Å². The number of hydrogen-bond acceptors (Lipinski definition) is 7. The van der Waals surface area contributed by atoms with Crippen LogP contribution in [0.3, 0.4) is 0 Å². The Morgan fingerprint density at radius 3 is 2.64 bits per heavy atom. The molecule has 4 N–H and O–H groups in total. The fourth-order valence-corrected chi connectivity index (χ4v) is 4.37. The summed E-state index contributed by atoms with van der Waals surface area (Å²) >= 11 is 0.